The summed E-state index contributed by atoms with van der Waals surface area (Å²) in [6.07, 6.45) is 0. The number of rotatable bonds is 3. The monoisotopic (exact) mass is 262 g/mol. The highest BCUT2D eigenvalue weighted by atomic mass is 19.2. The highest BCUT2D eigenvalue weighted by Gasteiger charge is 2.24. The van der Waals surface area contributed by atoms with Crippen molar-refractivity contribution in [2.45, 2.75) is 6.04 Å². The van der Waals surface area contributed by atoms with Crippen LogP contribution in [0.15, 0.2) is 12.1 Å². The van der Waals surface area contributed by atoms with Crippen molar-refractivity contribution < 1.29 is 17.6 Å². The van der Waals surface area contributed by atoms with E-state index in [2.05, 4.69) is 5.32 Å². The van der Waals surface area contributed by atoms with Crippen molar-refractivity contribution in [3.8, 4) is 0 Å². The van der Waals surface area contributed by atoms with Gasteiger partial charge in [0, 0.05) is 26.2 Å². The Morgan fingerprint density at radius 2 is 1.67 bits per heavy atom. The van der Waals surface area contributed by atoms with Crippen molar-refractivity contribution in [3.63, 3.8) is 0 Å². The fourth-order valence-electron chi connectivity index (χ4n) is 2.16. The average Bonchev–Trinajstić information content (AvgIpc) is 2.38. The molecule has 0 unspecified atom stereocenters. The van der Waals surface area contributed by atoms with Gasteiger partial charge in [-0.25, -0.2) is 17.6 Å². The third-order valence-corrected chi connectivity index (χ3v) is 3.13. The van der Waals surface area contributed by atoms with Crippen LogP contribution in [0.5, 0.6) is 0 Å². The molecule has 0 spiro atoms. The molecule has 1 fully saturated rings. The van der Waals surface area contributed by atoms with Gasteiger partial charge in [-0.15, -0.1) is 0 Å². The number of alkyl halides is 1. The van der Waals surface area contributed by atoms with E-state index in [1.54, 1.807) is 4.90 Å². The number of hydrogen-bond donors (Lipinski definition) is 1. The molecule has 0 aromatic heterocycles. The molecule has 1 atom stereocenters. The van der Waals surface area contributed by atoms with Crippen LogP contribution in [-0.2, 0) is 0 Å². The molecule has 1 N–H and O–H groups in total. The maximum atomic E-state index is 13.1. The first kappa shape index (κ1) is 13.3. The summed E-state index contributed by atoms with van der Waals surface area (Å²) in [6.45, 7) is 1.82. The number of piperazine rings is 1. The fraction of sp³-hybridized carbons (Fsp3) is 0.500. The normalized spacial score (nSPS) is 18.9. The zero-order chi connectivity index (χ0) is 13.1. The molecule has 0 bridgehead atoms. The average molecular weight is 262 g/mol. The van der Waals surface area contributed by atoms with Crippen LogP contribution >= 0.6 is 0 Å². The molecule has 1 aliphatic heterocycles. The van der Waals surface area contributed by atoms with Crippen LogP contribution in [0.3, 0.4) is 0 Å². The molecule has 0 amide bonds. The molecule has 1 aromatic carbocycles. The minimum atomic E-state index is -1.52. The smallest absolute Gasteiger partial charge is 0.194 e. The highest BCUT2D eigenvalue weighted by molar-refractivity contribution is 5.23. The van der Waals surface area contributed by atoms with Gasteiger partial charge >= 0.3 is 0 Å². The van der Waals surface area contributed by atoms with E-state index in [9.17, 15) is 17.6 Å². The van der Waals surface area contributed by atoms with Crippen LogP contribution in [0, 0.1) is 17.5 Å². The fourth-order valence-corrected chi connectivity index (χ4v) is 2.16. The predicted molar refractivity (Wildman–Crippen MR) is 59.5 cm³/mol. The molecular weight excluding hydrogens is 248 g/mol. The largest absolute Gasteiger partial charge is 0.314 e. The number of benzene rings is 1. The molecular formula is C12H14F4N2. The molecule has 1 aromatic rings. The van der Waals surface area contributed by atoms with E-state index in [1.807, 2.05) is 0 Å². The Labute approximate surface area is 103 Å². The number of nitrogens with zero attached hydrogens (tertiary/aromatic N) is 1. The standard InChI is InChI=1S/C12H14F4N2/c13-7-11(18-3-1-17-2-4-18)8-5-9(14)12(16)10(15)6-8/h5-6,11,17H,1-4,7H2/t11-/m0/s1. The first-order valence-electron chi connectivity index (χ1n) is 5.78. The maximum absolute atomic E-state index is 13.1. The maximum Gasteiger partial charge on any atom is 0.194 e. The second-order valence-corrected chi connectivity index (χ2v) is 4.25. The van der Waals surface area contributed by atoms with Crippen LogP contribution in [0.25, 0.3) is 0 Å². The molecule has 6 heteroatoms. The summed E-state index contributed by atoms with van der Waals surface area (Å²) in [5.41, 5.74) is 0.135. The van der Waals surface area contributed by atoms with E-state index in [1.165, 1.54) is 0 Å². The summed E-state index contributed by atoms with van der Waals surface area (Å²) in [7, 11) is 0. The Bertz CT molecular complexity index is 396. The van der Waals surface area contributed by atoms with Crippen LogP contribution in [0.2, 0.25) is 0 Å². The molecule has 2 rings (SSSR count). The van der Waals surface area contributed by atoms with Gasteiger partial charge in [0.1, 0.15) is 6.67 Å². The number of halogens is 4. The Hall–Kier alpha value is -1.14. The summed E-state index contributed by atoms with van der Waals surface area (Å²) in [4.78, 5) is 1.79. The Balaban J connectivity index is 2.26. The van der Waals surface area contributed by atoms with Crippen molar-refractivity contribution in [1.82, 2.24) is 10.2 Å². The summed E-state index contributed by atoms with van der Waals surface area (Å²) >= 11 is 0. The lowest BCUT2D eigenvalue weighted by atomic mass is 10.0. The first-order valence-corrected chi connectivity index (χ1v) is 5.78. The van der Waals surface area contributed by atoms with Crippen LogP contribution < -0.4 is 5.32 Å². The summed E-state index contributed by atoms with van der Waals surface area (Å²) < 4.78 is 52.2. The molecule has 0 radical (unpaired) electrons. The lowest BCUT2D eigenvalue weighted by Gasteiger charge is -2.33. The molecule has 100 valence electrons. The third-order valence-electron chi connectivity index (χ3n) is 3.13. The first-order chi connectivity index (χ1) is 8.63. The molecule has 0 saturated carbocycles. The lowest BCUT2D eigenvalue weighted by molar-refractivity contribution is 0.147. The number of hydrogen-bond acceptors (Lipinski definition) is 2. The SMILES string of the molecule is FC[C@@H](c1cc(F)c(F)c(F)c1)N1CCNCC1. The van der Waals surface area contributed by atoms with Crippen LogP contribution in [0.4, 0.5) is 17.6 Å². The lowest BCUT2D eigenvalue weighted by Crippen LogP contribution is -2.45. The number of nitrogens with one attached hydrogen (secondary N) is 1. The quantitative estimate of drug-likeness (QED) is 0.662. The molecule has 2 nitrogen and oxygen atoms in total. The van der Waals surface area contributed by atoms with Gasteiger partial charge in [0.15, 0.2) is 17.5 Å². The Morgan fingerprint density at radius 1 is 1.11 bits per heavy atom. The minimum Gasteiger partial charge on any atom is -0.314 e. The van der Waals surface area contributed by atoms with Gasteiger partial charge in [0.2, 0.25) is 0 Å². The van der Waals surface area contributed by atoms with Crippen molar-refractivity contribution in [2.24, 2.45) is 0 Å². The highest BCUT2D eigenvalue weighted by Crippen LogP contribution is 2.25. The van der Waals surface area contributed by atoms with Crippen molar-refractivity contribution in [1.29, 1.82) is 0 Å². The van der Waals surface area contributed by atoms with Gasteiger partial charge in [0.25, 0.3) is 0 Å². The third kappa shape index (κ3) is 2.64. The summed E-state index contributed by atoms with van der Waals surface area (Å²) in [5.74, 6) is -4.08. The van der Waals surface area contributed by atoms with Crippen LogP contribution in [0.1, 0.15) is 11.6 Å². The van der Waals surface area contributed by atoms with E-state index >= 15 is 0 Å². The summed E-state index contributed by atoms with van der Waals surface area (Å²) in [5, 5.41) is 3.10. The second kappa shape index (κ2) is 5.67. The van der Waals surface area contributed by atoms with E-state index in [4.69, 9.17) is 0 Å². The Morgan fingerprint density at radius 3 is 2.17 bits per heavy atom. The van der Waals surface area contributed by atoms with Crippen LogP contribution in [-0.4, -0.2) is 37.8 Å². The molecule has 1 saturated heterocycles. The Kier molecular flexibility index (Phi) is 4.19. The summed E-state index contributed by atoms with van der Waals surface area (Å²) in [6, 6.07) is 1.01. The van der Waals surface area contributed by atoms with Gasteiger partial charge in [-0.1, -0.05) is 0 Å². The minimum absolute atomic E-state index is 0.135. The van der Waals surface area contributed by atoms with Gasteiger partial charge in [-0.05, 0) is 17.7 Å². The van der Waals surface area contributed by atoms with Crippen molar-refractivity contribution in [2.75, 3.05) is 32.9 Å². The molecule has 18 heavy (non-hydrogen) atoms. The molecule has 1 heterocycles. The van der Waals surface area contributed by atoms with Gasteiger partial charge in [0.05, 0.1) is 6.04 Å². The van der Waals surface area contributed by atoms with Gasteiger partial charge in [-0.2, -0.15) is 0 Å². The van der Waals surface area contributed by atoms with Gasteiger partial charge in [-0.3, -0.25) is 4.90 Å². The molecule has 0 aliphatic carbocycles. The zero-order valence-electron chi connectivity index (χ0n) is 9.73. The zero-order valence-corrected chi connectivity index (χ0v) is 9.73. The van der Waals surface area contributed by atoms with Gasteiger partial charge < -0.3 is 5.32 Å². The topological polar surface area (TPSA) is 15.3 Å². The predicted octanol–water partition coefficient (Wildman–Crippen LogP) is 2.02. The van der Waals surface area contributed by atoms with E-state index in [0.29, 0.717) is 26.2 Å². The van der Waals surface area contributed by atoms with E-state index in [-0.39, 0.29) is 5.56 Å². The van der Waals surface area contributed by atoms with E-state index in [0.717, 1.165) is 12.1 Å². The van der Waals surface area contributed by atoms with E-state index < -0.39 is 30.2 Å². The van der Waals surface area contributed by atoms with Crippen molar-refractivity contribution >= 4 is 0 Å². The molecule has 1 aliphatic rings. The van der Waals surface area contributed by atoms with Crippen molar-refractivity contribution in [3.05, 3.63) is 35.1 Å². The second-order valence-electron chi connectivity index (χ2n) is 4.25.